The topological polar surface area (TPSA) is 108 Å². The first-order chi connectivity index (χ1) is 15.4. The van der Waals surface area contributed by atoms with E-state index in [0.717, 1.165) is 37.7 Å². The van der Waals surface area contributed by atoms with Crippen molar-refractivity contribution in [1.29, 1.82) is 0 Å². The molecular formula is C21H19ClFN3O6S. The van der Waals surface area contributed by atoms with Crippen molar-refractivity contribution in [3.8, 4) is 0 Å². The molecule has 0 radical (unpaired) electrons. The van der Waals surface area contributed by atoms with Crippen LogP contribution in [0.3, 0.4) is 0 Å². The Morgan fingerprint density at radius 3 is 2.33 bits per heavy atom. The fourth-order valence-corrected chi connectivity index (χ4v) is 4.32. The van der Waals surface area contributed by atoms with E-state index in [0.29, 0.717) is 0 Å². The van der Waals surface area contributed by atoms with Gasteiger partial charge in [0, 0.05) is 27.2 Å². The van der Waals surface area contributed by atoms with Gasteiger partial charge in [0.15, 0.2) is 0 Å². The zero-order valence-corrected chi connectivity index (χ0v) is 19.4. The van der Waals surface area contributed by atoms with E-state index < -0.39 is 39.7 Å². The third kappa shape index (κ3) is 4.83. The summed E-state index contributed by atoms with van der Waals surface area (Å²) in [6.45, 7) is -0.413. The fraction of sp³-hybridized carbons (Fsp3) is 0.190. The number of nitrogens with zero attached hydrogens (tertiary/aromatic N) is 3. The smallest absolute Gasteiger partial charge is 0.340 e. The van der Waals surface area contributed by atoms with E-state index in [1.807, 2.05) is 0 Å². The van der Waals surface area contributed by atoms with E-state index in [1.165, 1.54) is 45.4 Å². The van der Waals surface area contributed by atoms with Crippen molar-refractivity contribution in [2.24, 2.45) is 14.1 Å². The Kier molecular flexibility index (Phi) is 6.75. The number of hydrogen-bond donors (Lipinski definition) is 0. The molecule has 0 saturated heterocycles. The largest absolute Gasteiger partial charge is 0.456 e. The van der Waals surface area contributed by atoms with Crippen LogP contribution in [0.15, 0.2) is 63.0 Å². The molecule has 1 heterocycles. The van der Waals surface area contributed by atoms with Gasteiger partial charge < -0.3 is 4.74 Å². The van der Waals surface area contributed by atoms with Crippen molar-refractivity contribution < 1.29 is 22.3 Å². The Morgan fingerprint density at radius 2 is 1.70 bits per heavy atom. The van der Waals surface area contributed by atoms with Crippen LogP contribution < -0.4 is 15.6 Å². The summed E-state index contributed by atoms with van der Waals surface area (Å²) in [5.74, 6) is -1.47. The van der Waals surface area contributed by atoms with Crippen LogP contribution in [-0.4, -0.2) is 30.6 Å². The standard InChI is InChI=1S/C21H19ClFN3O6S/c1-24-15(10-19(27)25(2)21(24)29)12-32-20(28)17-11-16(8-9-18(17)22)33(30,31)26(3)14-6-4-13(23)5-7-14/h4-11H,12H2,1-3H3. The van der Waals surface area contributed by atoms with Gasteiger partial charge in [0.2, 0.25) is 0 Å². The highest BCUT2D eigenvalue weighted by molar-refractivity contribution is 7.92. The van der Waals surface area contributed by atoms with Crippen molar-refractivity contribution in [1.82, 2.24) is 9.13 Å². The predicted molar refractivity (Wildman–Crippen MR) is 119 cm³/mol. The van der Waals surface area contributed by atoms with Crippen LogP contribution >= 0.6 is 11.6 Å². The minimum Gasteiger partial charge on any atom is -0.456 e. The van der Waals surface area contributed by atoms with Crippen LogP contribution in [0.25, 0.3) is 0 Å². The van der Waals surface area contributed by atoms with E-state index in [2.05, 4.69) is 0 Å². The summed E-state index contributed by atoms with van der Waals surface area (Å²) in [5, 5.41) is -0.0544. The normalized spacial score (nSPS) is 11.3. The molecule has 1 aromatic heterocycles. The summed E-state index contributed by atoms with van der Waals surface area (Å²) in [4.78, 5) is 36.2. The molecule has 33 heavy (non-hydrogen) atoms. The molecular weight excluding hydrogens is 477 g/mol. The molecule has 0 unspecified atom stereocenters. The van der Waals surface area contributed by atoms with Gasteiger partial charge in [0.25, 0.3) is 15.6 Å². The number of rotatable bonds is 6. The van der Waals surface area contributed by atoms with Gasteiger partial charge in [-0.25, -0.2) is 22.4 Å². The molecule has 0 aliphatic carbocycles. The average molecular weight is 496 g/mol. The first-order valence-electron chi connectivity index (χ1n) is 9.40. The molecule has 9 nitrogen and oxygen atoms in total. The highest BCUT2D eigenvalue weighted by Gasteiger charge is 2.24. The number of carbonyl (C=O) groups is 1. The van der Waals surface area contributed by atoms with E-state index in [9.17, 15) is 27.2 Å². The summed E-state index contributed by atoms with van der Waals surface area (Å²) in [5.41, 5.74) is -1.03. The maximum atomic E-state index is 13.2. The Morgan fingerprint density at radius 1 is 1.06 bits per heavy atom. The Bertz CT molecular complexity index is 1450. The maximum absolute atomic E-state index is 13.2. The molecule has 0 N–H and O–H groups in total. The Hall–Kier alpha value is -3.44. The number of aromatic nitrogens is 2. The van der Waals surface area contributed by atoms with Gasteiger partial charge in [0.05, 0.1) is 26.9 Å². The zero-order valence-electron chi connectivity index (χ0n) is 17.8. The van der Waals surface area contributed by atoms with Crippen LogP contribution in [0, 0.1) is 5.82 Å². The van der Waals surface area contributed by atoms with Gasteiger partial charge in [-0.05, 0) is 42.5 Å². The van der Waals surface area contributed by atoms with Gasteiger partial charge in [-0.3, -0.25) is 18.2 Å². The van der Waals surface area contributed by atoms with Crippen LogP contribution in [0.4, 0.5) is 10.1 Å². The van der Waals surface area contributed by atoms with Crippen molar-refractivity contribution in [3.63, 3.8) is 0 Å². The quantitative estimate of drug-likeness (QED) is 0.484. The summed E-state index contributed by atoms with van der Waals surface area (Å²) in [7, 11) is -0.102. The molecule has 3 aromatic rings. The number of carbonyl (C=O) groups excluding carboxylic acids is 1. The van der Waals surface area contributed by atoms with Crippen LogP contribution in [-0.2, 0) is 35.5 Å². The van der Waals surface area contributed by atoms with Crippen molar-refractivity contribution in [3.05, 3.63) is 91.5 Å². The summed E-state index contributed by atoms with van der Waals surface area (Å²) in [6.07, 6.45) is 0. The van der Waals surface area contributed by atoms with Gasteiger partial charge in [-0.15, -0.1) is 0 Å². The summed E-state index contributed by atoms with van der Waals surface area (Å²) in [6, 6.07) is 9.50. The molecule has 0 saturated carbocycles. The number of ether oxygens (including phenoxy) is 1. The highest BCUT2D eigenvalue weighted by atomic mass is 35.5. The number of halogens is 2. The molecule has 0 fully saturated rings. The molecule has 12 heteroatoms. The first kappa shape index (κ1) is 24.2. The molecule has 0 atom stereocenters. The van der Waals surface area contributed by atoms with Crippen molar-refractivity contribution >= 4 is 33.3 Å². The monoisotopic (exact) mass is 495 g/mol. The third-order valence-corrected chi connectivity index (χ3v) is 7.09. The minimum absolute atomic E-state index is 0.0544. The summed E-state index contributed by atoms with van der Waals surface area (Å²) >= 11 is 6.08. The second-order valence-electron chi connectivity index (χ2n) is 7.04. The molecule has 0 bridgehead atoms. The van der Waals surface area contributed by atoms with E-state index in [-0.39, 0.29) is 26.9 Å². The van der Waals surface area contributed by atoms with Crippen LogP contribution in [0.1, 0.15) is 16.1 Å². The molecule has 0 aliphatic rings. The van der Waals surface area contributed by atoms with Crippen molar-refractivity contribution in [2.75, 3.05) is 11.4 Å². The minimum atomic E-state index is -4.11. The lowest BCUT2D eigenvalue weighted by molar-refractivity contribution is 0.0462. The molecule has 0 spiro atoms. The van der Waals surface area contributed by atoms with Gasteiger partial charge in [-0.2, -0.15) is 0 Å². The first-order valence-corrected chi connectivity index (χ1v) is 11.2. The maximum Gasteiger partial charge on any atom is 0.340 e. The second kappa shape index (κ2) is 9.20. The lowest BCUT2D eigenvalue weighted by Gasteiger charge is -2.20. The number of anilines is 1. The molecule has 2 aromatic carbocycles. The summed E-state index contributed by atoms with van der Waals surface area (Å²) < 4.78 is 47.3. The number of benzene rings is 2. The van der Waals surface area contributed by atoms with E-state index in [4.69, 9.17) is 16.3 Å². The lowest BCUT2D eigenvalue weighted by Crippen LogP contribution is -2.38. The fourth-order valence-electron chi connectivity index (χ4n) is 2.90. The van der Waals surface area contributed by atoms with E-state index in [1.54, 1.807) is 0 Å². The van der Waals surface area contributed by atoms with Crippen molar-refractivity contribution in [2.45, 2.75) is 11.5 Å². The van der Waals surface area contributed by atoms with E-state index >= 15 is 0 Å². The third-order valence-electron chi connectivity index (χ3n) is 4.98. The second-order valence-corrected chi connectivity index (χ2v) is 9.42. The average Bonchev–Trinajstić information content (AvgIpc) is 2.79. The SMILES string of the molecule is CN(c1ccc(F)cc1)S(=O)(=O)c1ccc(Cl)c(C(=O)OCc2cc(=O)n(C)c(=O)n2C)c1. The Labute approximate surface area is 193 Å². The number of esters is 1. The Balaban J connectivity index is 1.88. The number of hydrogen-bond acceptors (Lipinski definition) is 6. The van der Waals surface area contributed by atoms with Gasteiger partial charge in [0.1, 0.15) is 12.4 Å². The highest BCUT2D eigenvalue weighted by Crippen LogP contribution is 2.26. The van der Waals surface area contributed by atoms with Gasteiger partial charge >= 0.3 is 11.7 Å². The predicted octanol–water partition coefficient (Wildman–Crippen LogP) is 2.06. The molecule has 0 aliphatic heterocycles. The zero-order chi connectivity index (χ0) is 24.5. The number of sulfonamides is 1. The van der Waals surface area contributed by atoms with Crippen LogP contribution in [0.2, 0.25) is 5.02 Å². The molecule has 174 valence electrons. The molecule has 3 rings (SSSR count). The van der Waals surface area contributed by atoms with Gasteiger partial charge in [-0.1, -0.05) is 11.6 Å². The lowest BCUT2D eigenvalue weighted by atomic mass is 10.2. The molecule has 0 amide bonds. The van der Waals surface area contributed by atoms with Crippen LogP contribution in [0.5, 0.6) is 0 Å².